The molecule has 5 aromatic rings. The molecular weight excluding hydrogens is 447 g/mol. The summed E-state index contributed by atoms with van der Waals surface area (Å²) in [6, 6.07) is 16.2. The van der Waals surface area contributed by atoms with E-state index in [1.165, 1.54) is 18.2 Å². The van der Waals surface area contributed by atoms with Gasteiger partial charge in [0.2, 0.25) is 0 Å². The zero-order chi connectivity index (χ0) is 23.2. The fourth-order valence-corrected chi connectivity index (χ4v) is 3.61. The number of nitrogens with zero attached hydrogens (tertiary/aromatic N) is 5. The van der Waals surface area contributed by atoms with Crippen molar-refractivity contribution in [2.45, 2.75) is 5.25 Å². The summed E-state index contributed by atoms with van der Waals surface area (Å²) in [7, 11) is 0. The van der Waals surface area contributed by atoms with E-state index in [4.69, 9.17) is 27.3 Å². The Morgan fingerprint density at radius 2 is 1.67 bits per heavy atom. The van der Waals surface area contributed by atoms with Crippen molar-refractivity contribution in [1.29, 1.82) is 0 Å². The first-order valence-corrected chi connectivity index (χ1v) is 10.2. The monoisotopic (exact) mass is 462 g/mol. The number of fused-ring (bicyclic) bond motifs is 1. The van der Waals surface area contributed by atoms with E-state index in [0.29, 0.717) is 39.6 Å². The fourth-order valence-electron chi connectivity index (χ4n) is 3.48. The van der Waals surface area contributed by atoms with Crippen LogP contribution in [0.4, 0.5) is 10.2 Å². The number of benzene rings is 1. The van der Waals surface area contributed by atoms with Crippen LogP contribution in [0, 0.1) is 5.82 Å². The molecule has 0 amide bonds. The number of anilines is 1. The van der Waals surface area contributed by atoms with Crippen LogP contribution in [-0.2, 0) is 5.25 Å². The number of hydrogen-bond acceptors (Lipinski definition) is 7. The molecule has 0 aliphatic carbocycles. The van der Waals surface area contributed by atoms with Gasteiger partial charge in [-0.1, -0.05) is 23.7 Å². The average molecular weight is 463 g/mol. The minimum atomic E-state index is -2.49. The van der Waals surface area contributed by atoms with Gasteiger partial charge in [-0.25, -0.2) is 19.3 Å². The van der Waals surface area contributed by atoms with Gasteiger partial charge in [0.05, 0.1) is 23.1 Å². The number of imidazole rings is 1. The Hall–Kier alpha value is -3.92. The van der Waals surface area contributed by atoms with Crippen LogP contribution >= 0.6 is 11.6 Å². The summed E-state index contributed by atoms with van der Waals surface area (Å²) in [4.78, 5) is 17.7. The molecule has 4 aromatic heterocycles. The maximum atomic E-state index is 13.3. The van der Waals surface area contributed by atoms with Gasteiger partial charge in [-0.05, 0) is 48.5 Å². The van der Waals surface area contributed by atoms with Crippen LogP contribution in [0.15, 0.2) is 73.1 Å². The molecule has 0 spiro atoms. The molecule has 0 aliphatic heterocycles. The summed E-state index contributed by atoms with van der Waals surface area (Å²) in [5.74, 6) is 0.337. The molecule has 10 heteroatoms. The zero-order valence-electron chi connectivity index (χ0n) is 16.9. The van der Waals surface area contributed by atoms with Crippen LogP contribution in [0.1, 0.15) is 5.56 Å². The Morgan fingerprint density at radius 3 is 2.33 bits per heavy atom. The molecule has 0 unspecified atom stereocenters. The lowest BCUT2D eigenvalue weighted by atomic mass is 10.2. The van der Waals surface area contributed by atoms with E-state index in [1.54, 1.807) is 53.2 Å². The second-order valence-electron chi connectivity index (χ2n) is 7.24. The van der Waals surface area contributed by atoms with Gasteiger partial charge in [-0.3, -0.25) is 9.55 Å². The molecule has 4 heterocycles. The van der Waals surface area contributed by atoms with E-state index in [-0.39, 0.29) is 11.4 Å². The van der Waals surface area contributed by atoms with Crippen LogP contribution in [0.2, 0.25) is 0 Å². The minimum absolute atomic E-state index is 0.101. The predicted molar refractivity (Wildman–Crippen MR) is 122 cm³/mol. The van der Waals surface area contributed by atoms with E-state index in [9.17, 15) is 14.6 Å². The normalized spacial score (nSPS) is 11.8. The summed E-state index contributed by atoms with van der Waals surface area (Å²) in [5.41, 5.74) is 9.54. The first-order chi connectivity index (χ1) is 15.8. The van der Waals surface area contributed by atoms with Gasteiger partial charge in [-0.15, -0.1) is 0 Å². The quantitative estimate of drug-likeness (QED) is 0.275. The van der Waals surface area contributed by atoms with Gasteiger partial charge < -0.3 is 15.9 Å². The lowest BCUT2D eigenvalue weighted by molar-refractivity contribution is -0.0902. The third-order valence-electron chi connectivity index (χ3n) is 5.07. The van der Waals surface area contributed by atoms with Crippen molar-refractivity contribution in [2.24, 2.45) is 0 Å². The number of hydrogen-bond donors (Lipinski definition) is 3. The van der Waals surface area contributed by atoms with E-state index in [1.807, 2.05) is 0 Å². The SMILES string of the molecule is Nc1ncccc1-c1nc2ccc(-c3ccc(F)cn3)nc2n1-c1ccc(C(O)(O)Cl)cc1. The number of rotatable bonds is 4. The molecule has 33 heavy (non-hydrogen) atoms. The summed E-state index contributed by atoms with van der Waals surface area (Å²) < 4.78 is 15.1. The molecule has 0 fully saturated rings. The highest BCUT2D eigenvalue weighted by molar-refractivity contribution is 6.21. The third kappa shape index (κ3) is 3.89. The molecule has 0 bridgehead atoms. The fraction of sp³-hybridized carbons (Fsp3) is 0.0435. The second-order valence-corrected chi connectivity index (χ2v) is 7.77. The Kier molecular flexibility index (Phi) is 5.01. The molecule has 5 rings (SSSR count). The number of nitrogens with two attached hydrogens (primary N) is 1. The highest BCUT2D eigenvalue weighted by atomic mass is 35.5. The summed E-state index contributed by atoms with van der Waals surface area (Å²) in [5, 5.41) is 16.8. The second kappa shape index (κ2) is 7.89. The highest BCUT2D eigenvalue weighted by Gasteiger charge is 2.23. The van der Waals surface area contributed by atoms with E-state index >= 15 is 0 Å². The number of alkyl halides is 1. The Balaban J connectivity index is 1.76. The van der Waals surface area contributed by atoms with Gasteiger partial charge in [-0.2, -0.15) is 0 Å². The molecule has 0 aliphatic rings. The van der Waals surface area contributed by atoms with Gasteiger partial charge in [0.1, 0.15) is 17.2 Å². The van der Waals surface area contributed by atoms with Crippen LogP contribution in [0.3, 0.4) is 0 Å². The number of aliphatic hydroxyl groups is 2. The van der Waals surface area contributed by atoms with Gasteiger partial charge in [0, 0.05) is 17.4 Å². The van der Waals surface area contributed by atoms with Crippen LogP contribution in [-0.4, -0.2) is 34.7 Å². The molecular formula is C23H16ClFN6O2. The van der Waals surface area contributed by atoms with Gasteiger partial charge in [0.25, 0.3) is 5.25 Å². The molecule has 164 valence electrons. The molecule has 1 aromatic carbocycles. The maximum Gasteiger partial charge on any atom is 0.271 e. The van der Waals surface area contributed by atoms with Gasteiger partial charge >= 0.3 is 0 Å². The van der Waals surface area contributed by atoms with Crippen molar-refractivity contribution in [3.63, 3.8) is 0 Å². The van der Waals surface area contributed by atoms with E-state index in [0.717, 1.165) is 6.20 Å². The Morgan fingerprint density at radius 1 is 0.909 bits per heavy atom. The number of pyridine rings is 3. The largest absolute Gasteiger partial charge is 0.383 e. The lowest BCUT2D eigenvalue weighted by Crippen LogP contribution is -2.16. The van der Waals surface area contributed by atoms with Gasteiger partial charge in [0.15, 0.2) is 11.5 Å². The number of nitrogen functional groups attached to an aromatic ring is 1. The van der Waals surface area contributed by atoms with Crippen molar-refractivity contribution in [2.75, 3.05) is 5.73 Å². The summed E-state index contributed by atoms with van der Waals surface area (Å²) in [6.45, 7) is 0. The average Bonchev–Trinajstić information content (AvgIpc) is 3.18. The topological polar surface area (TPSA) is 123 Å². The van der Waals surface area contributed by atoms with E-state index < -0.39 is 11.1 Å². The van der Waals surface area contributed by atoms with Crippen molar-refractivity contribution in [3.05, 3.63) is 84.4 Å². The van der Waals surface area contributed by atoms with Crippen LogP contribution < -0.4 is 5.73 Å². The number of aromatic nitrogens is 5. The molecule has 0 radical (unpaired) electrons. The molecule has 8 nitrogen and oxygen atoms in total. The summed E-state index contributed by atoms with van der Waals surface area (Å²) >= 11 is 5.60. The summed E-state index contributed by atoms with van der Waals surface area (Å²) in [6.07, 6.45) is 2.71. The van der Waals surface area contributed by atoms with Crippen molar-refractivity contribution in [3.8, 4) is 28.5 Å². The van der Waals surface area contributed by atoms with E-state index in [2.05, 4.69) is 9.97 Å². The molecule has 0 saturated carbocycles. The first kappa shape index (κ1) is 21.0. The predicted octanol–water partition coefficient (Wildman–Crippen LogP) is 3.60. The van der Waals surface area contributed by atoms with Crippen LogP contribution in [0.25, 0.3) is 39.6 Å². The molecule has 0 atom stereocenters. The highest BCUT2D eigenvalue weighted by Crippen LogP contribution is 2.32. The maximum absolute atomic E-state index is 13.3. The first-order valence-electron chi connectivity index (χ1n) is 9.78. The lowest BCUT2D eigenvalue weighted by Gasteiger charge is -2.15. The molecule has 4 N–H and O–H groups in total. The third-order valence-corrected chi connectivity index (χ3v) is 5.28. The Bertz CT molecular complexity index is 1460. The van der Waals surface area contributed by atoms with Crippen LogP contribution in [0.5, 0.6) is 0 Å². The van der Waals surface area contributed by atoms with Crippen molar-refractivity contribution < 1.29 is 14.6 Å². The zero-order valence-corrected chi connectivity index (χ0v) is 17.6. The molecule has 0 saturated heterocycles. The van der Waals surface area contributed by atoms with Crippen molar-refractivity contribution >= 4 is 28.6 Å². The standard InChI is InChI=1S/C23H16ClFN6O2/c24-23(32,33)13-3-6-15(7-4-13)31-21(16-2-1-11-27-20(16)26)30-19-10-9-18(29-22(19)31)17-8-5-14(25)12-28-17/h1-12,32-33H,(H2,26,27). The Labute approximate surface area is 191 Å². The minimum Gasteiger partial charge on any atom is -0.383 e. The number of halogens is 2. The van der Waals surface area contributed by atoms with Crippen molar-refractivity contribution in [1.82, 2.24) is 24.5 Å². The smallest absolute Gasteiger partial charge is 0.271 e.